The third-order valence-corrected chi connectivity index (χ3v) is 4.85. The highest BCUT2D eigenvalue weighted by atomic mass is 35.5. The first kappa shape index (κ1) is 15.2. The van der Waals surface area contributed by atoms with Gasteiger partial charge in [-0.05, 0) is 43.3 Å². The average Bonchev–Trinajstić information content (AvgIpc) is 2.56. The summed E-state index contributed by atoms with van der Waals surface area (Å²) in [6.45, 7) is 1.95. The normalized spacial score (nSPS) is 13.7. The second-order valence-electron chi connectivity index (χ2n) is 5.72. The Labute approximate surface area is 148 Å². The fourth-order valence-corrected chi connectivity index (χ4v) is 3.60. The van der Waals surface area contributed by atoms with Crippen LogP contribution in [0.3, 0.4) is 0 Å². The van der Waals surface area contributed by atoms with E-state index in [9.17, 15) is 9.59 Å². The number of benzene rings is 3. The maximum absolute atomic E-state index is 12.9. The van der Waals surface area contributed by atoms with Crippen molar-refractivity contribution in [3.05, 3.63) is 75.3 Å². The van der Waals surface area contributed by atoms with Crippen molar-refractivity contribution in [1.29, 1.82) is 0 Å². The first-order chi connectivity index (χ1) is 11.5. The third kappa shape index (κ3) is 2.05. The highest BCUT2D eigenvalue weighted by molar-refractivity contribution is 6.46. The Morgan fingerprint density at radius 2 is 1.21 bits per heavy atom. The lowest BCUT2D eigenvalue weighted by Gasteiger charge is -2.27. The summed E-state index contributed by atoms with van der Waals surface area (Å²) in [6, 6.07) is 13.8. The summed E-state index contributed by atoms with van der Waals surface area (Å²) in [7, 11) is 0. The van der Waals surface area contributed by atoms with Gasteiger partial charge in [0, 0.05) is 31.9 Å². The van der Waals surface area contributed by atoms with Gasteiger partial charge in [-0.15, -0.1) is 0 Å². The predicted octanol–water partition coefficient (Wildman–Crippen LogP) is 5.26. The molecule has 0 fully saturated rings. The lowest BCUT2D eigenvalue weighted by molar-refractivity contribution is 0.0893. The van der Waals surface area contributed by atoms with Crippen LogP contribution < -0.4 is 4.90 Å². The van der Waals surface area contributed by atoms with E-state index in [1.807, 2.05) is 19.1 Å². The van der Waals surface area contributed by atoms with Gasteiger partial charge in [0.15, 0.2) is 0 Å². The van der Waals surface area contributed by atoms with Gasteiger partial charge in [0.05, 0.1) is 5.69 Å². The molecule has 0 saturated heterocycles. The Balaban J connectivity index is 2.01. The molecule has 2 amide bonds. The van der Waals surface area contributed by atoms with Crippen molar-refractivity contribution in [2.75, 3.05) is 4.90 Å². The number of imide groups is 1. The van der Waals surface area contributed by atoms with E-state index in [1.54, 1.807) is 36.4 Å². The van der Waals surface area contributed by atoms with Gasteiger partial charge in [0.1, 0.15) is 0 Å². The van der Waals surface area contributed by atoms with Crippen LogP contribution in [0.5, 0.6) is 0 Å². The summed E-state index contributed by atoms with van der Waals surface area (Å²) < 4.78 is 0. The molecule has 0 bridgehead atoms. The van der Waals surface area contributed by atoms with Crippen molar-refractivity contribution in [3.63, 3.8) is 0 Å². The second-order valence-corrected chi connectivity index (χ2v) is 6.54. The van der Waals surface area contributed by atoms with Crippen LogP contribution in [0.4, 0.5) is 5.69 Å². The van der Waals surface area contributed by atoms with Crippen LogP contribution in [0, 0.1) is 6.92 Å². The van der Waals surface area contributed by atoms with E-state index < -0.39 is 0 Å². The molecule has 3 aromatic carbocycles. The van der Waals surface area contributed by atoms with Gasteiger partial charge in [-0.2, -0.15) is 0 Å². The van der Waals surface area contributed by atoms with Crippen LogP contribution in [0.2, 0.25) is 10.0 Å². The van der Waals surface area contributed by atoms with Crippen molar-refractivity contribution in [3.8, 4) is 0 Å². The number of rotatable bonds is 1. The number of nitrogens with zero attached hydrogens (tertiary/aromatic N) is 1. The van der Waals surface area contributed by atoms with Crippen LogP contribution in [-0.2, 0) is 0 Å². The summed E-state index contributed by atoms with van der Waals surface area (Å²) in [5.74, 6) is -0.749. The van der Waals surface area contributed by atoms with E-state index in [-0.39, 0.29) is 11.8 Å². The molecule has 0 aromatic heterocycles. The second kappa shape index (κ2) is 5.33. The summed E-state index contributed by atoms with van der Waals surface area (Å²) >= 11 is 12.5. The van der Waals surface area contributed by atoms with Gasteiger partial charge < -0.3 is 0 Å². The summed E-state index contributed by atoms with van der Waals surface area (Å²) in [5.41, 5.74) is 2.44. The fraction of sp³-hybridized carbons (Fsp3) is 0.0526. The number of aryl methyl sites for hydroxylation is 1. The molecule has 0 aliphatic carbocycles. The van der Waals surface area contributed by atoms with Crippen LogP contribution >= 0.6 is 23.2 Å². The number of hydrogen-bond donors (Lipinski definition) is 0. The SMILES string of the molecule is Cc1ccc(N2C(=O)c3ccc(Cl)c4c(Cl)ccc(c34)C2=O)cc1. The van der Waals surface area contributed by atoms with Gasteiger partial charge in [-0.3, -0.25) is 9.59 Å². The first-order valence-corrected chi connectivity index (χ1v) is 8.11. The Kier molecular flexibility index (Phi) is 3.37. The molecule has 0 spiro atoms. The predicted molar refractivity (Wildman–Crippen MR) is 96.3 cm³/mol. The number of amides is 2. The molecule has 0 saturated carbocycles. The Morgan fingerprint density at radius 1 is 0.708 bits per heavy atom. The molecular weight excluding hydrogens is 345 g/mol. The van der Waals surface area contributed by atoms with Crippen molar-refractivity contribution in [1.82, 2.24) is 0 Å². The number of halogens is 2. The smallest absolute Gasteiger partial charge is 0.265 e. The van der Waals surface area contributed by atoms with Gasteiger partial charge in [-0.25, -0.2) is 4.90 Å². The van der Waals surface area contributed by atoms with Crippen molar-refractivity contribution >= 4 is 51.5 Å². The molecule has 4 rings (SSSR count). The van der Waals surface area contributed by atoms with Crippen LogP contribution in [-0.4, -0.2) is 11.8 Å². The van der Waals surface area contributed by atoms with E-state index in [4.69, 9.17) is 23.2 Å². The lowest BCUT2D eigenvalue weighted by atomic mass is 9.93. The molecule has 3 aromatic rings. The minimum Gasteiger partial charge on any atom is -0.268 e. The minimum absolute atomic E-state index is 0.375. The zero-order chi connectivity index (χ0) is 17.0. The topological polar surface area (TPSA) is 37.4 Å². The number of anilines is 1. The van der Waals surface area contributed by atoms with E-state index in [1.165, 1.54) is 4.90 Å². The molecule has 0 unspecified atom stereocenters. The van der Waals surface area contributed by atoms with Gasteiger partial charge in [0.2, 0.25) is 0 Å². The molecule has 3 nitrogen and oxygen atoms in total. The monoisotopic (exact) mass is 355 g/mol. The average molecular weight is 356 g/mol. The van der Waals surface area contributed by atoms with Crippen molar-refractivity contribution < 1.29 is 9.59 Å². The molecule has 0 atom stereocenters. The number of carbonyl (C=O) groups is 2. The minimum atomic E-state index is -0.375. The Hall–Kier alpha value is -2.36. The first-order valence-electron chi connectivity index (χ1n) is 7.35. The standard InChI is InChI=1S/C19H11Cl2NO2/c1-10-2-4-11(5-3-10)22-18(23)12-6-8-14(20)17-15(21)9-7-13(16(12)17)19(22)24/h2-9H,1H3. The molecule has 5 heteroatoms. The number of hydrogen-bond acceptors (Lipinski definition) is 2. The van der Waals surface area contributed by atoms with E-state index in [0.717, 1.165) is 5.56 Å². The molecule has 0 N–H and O–H groups in total. The highest BCUT2D eigenvalue weighted by Gasteiger charge is 2.34. The third-order valence-electron chi connectivity index (χ3n) is 4.22. The van der Waals surface area contributed by atoms with Crippen LogP contribution in [0.1, 0.15) is 26.3 Å². The van der Waals surface area contributed by atoms with Gasteiger partial charge in [0.25, 0.3) is 11.8 Å². The fourth-order valence-electron chi connectivity index (χ4n) is 3.03. The molecule has 24 heavy (non-hydrogen) atoms. The quantitative estimate of drug-likeness (QED) is 0.558. The van der Waals surface area contributed by atoms with Crippen molar-refractivity contribution in [2.45, 2.75) is 6.92 Å². The van der Waals surface area contributed by atoms with Crippen LogP contribution in [0.15, 0.2) is 48.5 Å². The van der Waals surface area contributed by atoms with Gasteiger partial charge in [-0.1, -0.05) is 40.9 Å². The van der Waals surface area contributed by atoms with Gasteiger partial charge >= 0.3 is 0 Å². The zero-order valence-corrected chi connectivity index (χ0v) is 14.2. The molecule has 1 aliphatic heterocycles. The largest absolute Gasteiger partial charge is 0.268 e. The summed E-state index contributed by atoms with van der Waals surface area (Å²) in [4.78, 5) is 27.1. The molecule has 1 heterocycles. The van der Waals surface area contributed by atoms with E-state index >= 15 is 0 Å². The molecule has 0 radical (unpaired) electrons. The zero-order valence-electron chi connectivity index (χ0n) is 12.6. The molecule has 1 aliphatic rings. The summed E-state index contributed by atoms with van der Waals surface area (Å²) in [5, 5.41) is 1.90. The lowest BCUT2D eigenvalue weighted by Crippen LogP contribution is -2.40. The van der Waals surface area contributed by atoms with Crippen LogP contribution in [0.25, 0.3) is 10.8 Å². The maximum atomic E-state index is 12.9. The Morgan fingerprint density at radius 3 is 1.71 bits per heavy atom. The van der Waals surface area contributed by atoms with E-state index in [0.29, 0.717) is 37.6 Å². The van der Waals surface area contributed by atoms with Crippen molar-refractivity contribution in [2.24, 2.45) is 0 Å². The highest BCUT2D eigenvalue weighted by Crippen LogP contribution is 2.39. The Bertz CT molecular complexity index is 969. The molecular formula is C19H11Cl2NO2. The van der Waals surface area contributed by atoms with E-state index in [2.05, 4.69) is 0 Å². The maximum Gasteiger partial charge on any atom is 0.265 e. The summed E-state index contributed by atoms with van der Waals surface area (Å²) in [6.07, 6.45) is 0. The molecule has 118 valence electrons. The number of carbonyl (C=O) groups excluding carboxylic acids is 2.